The summed E-state index contributed by atoms with van der Waals surface area (Å²) in [4.78, 5) is 21.4. The van der Waals surface area contributed by atoms with Crippen LogP contribution in [0.2, 0.25) is 0 Å². The molecule has 0 aliphatic carbocycles. The van der Waals surface area contributed by atoms with E-state index in [1.807, 2.05) is 50.4 Å². The molecule has 1 N–H and O–H groups in total. The Morgan fingerprint density at radius 1 is 1.17 bits per heavy atom. The fraction of sp³-hybridized carbons (Fsp3) is 0.182. The number of nitrogens with zero attached hydrogens (tertiary/aromatic N) is 4. The number of carbonyl (C=O) groups is 1. The van der Waals surface area contributed by atoms with E-state index in [0.29, 0.717) is 29.4 Å². The van der Waals surface area contributed by atoms with Crippen LogP contribution in [0.15, 0.2) is 54.0 Å². The molecular formula is C22H21N5O2S. The molecule has 0 saturated carbocycles. The molecule has 0 unspecified atom stereocenters. The highest BCUT2D eigenvalue weighted by molar-refractivity contribution is 7.09. The molecule has 0 atom stereocenters. The van der Waals surface area contributed by atoms with Gasteiger partial charge in [0, 0.05) is 16.6 Å². The highest BCUT2D eigenvalue weighted by atomic mass is 32.1. The van der Waals surface area contributed by atoms with Gasteiger partial charge in [-0.15, -0.1) is 11.3 Å². The van der Waals surface area contributed by atoms with Crippen molar-refractivity contribution in [1.82, 2.24) is 19.7 Å². The van der Waals surface area contributed by atoms with Gasteiger partial charge in [-0.05, 0) is 57.2 Å². The molecule has 1 amide bonds. The zero-order chi connectivity index (χ0) is 21.1. The number of aryl methyl sites for hydroxylation is 3. The van der Waals surface area contributed by atoms with Gasteiger partial charge in [0.25, 0.3) is 5.91 Å². The standard InChI is InChI=1S/C22H21N5O2S/c1-14-9-15(2)27(26-14)21-8-7-18(11-23-21)25-22(28)17-5-4-6-20(10-17)29-12-19-13-30-16(3)24-19/h4-11,13H,12H2,1-3H3,(H,25,28). The molecular weight excluding hydrogens is 398 g/mol. The van der Waals surface area contributed by atoms with Crippen LogP contribution in [-0.4, -0.2) is 25.7 Å². The maximum absolute atomic E-state index is 12.6. The van der Waals surface area contributed by atoms with Crippen molar-refractivity contribution in [2.45, 2.75) is 27.4 Å². The molecule has 7 nitrogen and oxygen atoms in total. The highest BCUT2D eigenvalue weighted by Gasteiger charge is 2.10. The molecule has 4 aromatic rings. The van der Waals surface area contributed by atoms with Crippen LogP contribution in [0.5, 0.6) is 5.75 Å². The van der Waals surface area contributed by atoms with Crippen LogP contribution in [0.4, 0.5) is 5.69 Å². The van der Waals surface area contributed by atoms with Crippen LogP contribution in [0.1, 0.15) is 32.4 Å². The Morgan fingerprint density at radius 2 is 2.03 bits per heavy atom. The number of ether oxygens (including phenoxy) is 1. The van der Waals surface area contributed by atoms with E-state index in [-0.39, 0.29) is 5.91 Å². The first-order valence-electron chi connectivity index (χ1n) is 9.43. The van der Waals surface area contributed by atoms with Crippen LogP contribution in [0.25, 0.3) is 5.82 Å². The van der Waals surface area contributed by atoms with Gasteiger partial charge in [0.05, 0.1) is 28.3 Å². The quantitative estimate of drug-likeness (QED) is 0.498. The van der Waals surface area contributed by atoms with Crippen molar-refractivity contribution in [2.24, 2.45) is 0 Å². The van der Waals surface area contributed by atoms with Crippen LogP contribution in [0.3, 0.4) is 0 Å². The number of hydrogen-bond donors (Lipinski definition) is 1. The number of amides is 1. The lowest BCUT2D eigenvalue weighted by Crippen LogP contribution is -2.12. The molecule has 3 aromatic heterocycles. The Hall–Kier alpha value is -3.52. The van der Waals surface area contributed by atoms with E-state index in [9.17, 15) is 4.79 Å². The number of pyridine rings is 1. The molecule has 1 aromatic carbocycles. The van der Waals surface area contributed by atoms with Gasteiger partial charge in [-0.25, -0.2) is 14.6 Å². The molecule has 152 valence electrons. The van der Waals surface area contributed by atoms with Gasteiger partial charge in [-0.2, -0.15) is 5.10 Å². The van der Waals surface area contributed by atoms with Gasteiger partial charge in [0.15, 0.2) is 5.82 Å². The third-order valence-corrected chi connectivity index (χ3v) is 5.20. The Kier molecular flexibility index (Phi) is 5.58. The smallest absolute Gasteiger partial charge is 0.255 e. The Balaban J connectivity index is 1.41. The average Bonchev–Trinajstić information content (AvgIpc) is 3.31. The number of hydrogen-bond acceptors (Lipinski definition) is 6. The Bertz CT molecular complexity index is 1180. The lowest BCUT2D eigenvalue weighted by molar-refractivity contribution is 0.102. The summed E-state index contributed by atoms with van der Waals surface area (Å²) >= 11 is 1.58. The summed E-state index contributed by atoms with van der Waals surface area (Å²) in [5, 5.41) is 10.2. The third-order valence-electron chi connectivity index (χ3n) is 4.38. The summed E-state index contributed by atoms with van der Waals surface area (Å²) in [5.74, 6) is 1.09. The number of nitrogens with one attached hydrogen (secondary N) is 1. The van der Waals surface area contributed by atoms with Crippen molar-refractivity contribution in [1.29, 1.82) is 0 Å². The second-order valence-corrected chi connectivity index (χ2v) is 7.93. The van der Waals surface area contributed by atoms with Gasteiger partial charge in [-0.3, -0.25) is 4.79 Å². The maximum atomic E-state index is 12.6. The van der Waals surface area contributed by atoms with Crippen molar-refractivity contribution >= 4 is 22.9 Å². The van der Waals surface area contributed by atoms with Crippen molar-refractivity contribution in [2.75, 3.05) is 5.32 Å². The third kappa shape index (κ3) is 4.55. The molecule has 8 heteroatoms. The van der Waals surface area contributed by atoms with Crippen LogP contribution >= 0.6 is 11.3 Å². The van der Waals surface area contributed by atoms with E-state index in [4.69, 9.17) is 4.74 Å². The second-order valence-electron chi connectivity index (χ2n) is 6.87. The molecule has 0 aliphatic rings. The van der Waals surface area contributed by atoms with Crippen molar-refractivity contribution in [3.8, 4) is 11.6 Å². The Morgan fingerprint density at radius 3 is 2.70 bits per heavy atom. The van der Waals surface area contributed by atoms with Crippen LogP contribution < -0.4 is 10.1 Å². The number of carbonyl (C=O) groups excluding carboxylic acids is 1. The van der Waals surface area contributed by atoms with Gasteiger partial charge >= 0.3 is 0 Å². The summed E-state index contributed by atoms with van der Waals surface area (Å²) < 4.78 is 7.54. The first-order chi connectivity index (χ1) is 14.5. The van der Waals surface area contributed by atoms with Gasteiger partial charge in [0.2, 0.25) is 0 Å². The lowest BCUT2D eigenvalue weighted by atomic mass is 10.2. The molecule has 30 heavy (non-hydrogen) atoms. The predicted molar refractivity (Wildman–Crippen MR) is 116 cm³/mol. The lowest BCUT2D eigenvalue weighted by Gasteiger charge is -2.09. The number of aromatic nitrogens is 4. The topological polar surface area (TPSA) is 81.9 Å². The molecule has 0 aliphatic heterocycles. The molecule has 4 rings (SSSR count). The maximum Gasteiger partial charge on any atom is 0.255 e. The number of benzene rings is 1. The first-order valence-corrected chi connectivity index (χ1v) is 10.3. The summed E-state index contributed by atoms with van der Waals surface area (Å²) in [6, 6.07) is 12.7. The van der Waals surface area contributed by atoms with Gasteiger partial charge < -0.3 is 10.1 Å². The van der Waals surface area contributed by atoms with E-state index in [2.05, 4.69) is 20.4 Å². The minimum atomic E-state index is -0.231. The number of anilines is 1. The van der Waals surface area contributed by atoms with Gasteiger partial charge in [0.1, 0.15) is 12.4 Å². The first kappa shape index (κ1) is 19.8. The van der Waals surface area contributed by atoms with E-state index in [1.54, 1.807) is 40.4 Å². The summed E-state index contributed by atoms with van der Waals surface area (Å²) in [7, 11) is 0. The average molecular weight is 420 g/mol. The zero-order valence-electron chi connectivity index (χ0n) is 16.9. The van der Waals surface area contributed by atoms with E-state index in [1.165, 1.54) is 0 Å². The monoisotopic (exact) mass is 419 g/mol. The minimum absolute atomic E-state index is 0.231. The second kappa shape index (κ2) is 8.46. The SMILES string of the molecule is Cc1cc(C)n(-c2ccc(NC(=O)c3cccc(OCc4csc(C)n4)c3)cn2)n1. The normalized spacial score (nSPS) is 10.8. The largest absolute Gasteiger partial charge is 0.487 e. The molecule has 0 spiro atoms. The predicted octanol–water partition coefficient (Wildman–Crippen LogP) is 4.48. The number of thiazole rings is 1. The van der Waals surface area contributed by atoms with E-state index < -0.39 is 0 Å². The van der Waals surface area contributed by atoms with E-state index >= 15 is 0 Å². The summed E-state index contributed by atoms with van der Waals surface area (Å²) in [6.45, 7) is 6.24. The molecule has 0 fully saturated rings. The van der Waals surface area contributed by atoms with Crippen molar-refractivity contribution in [3.05, 3.63) is 81.7 Å². The van der Waals surface area contributed by atoms with Gasteiger partial charge in [-0.1, -0.05) is 6.07 Å². The fourth-order valence-electron chi connectivity index (χ4n) is 3.01. The highest BCUT2D eigenvalue weighted by Crippen LogP contribution is 2.18. The van der Waals surface area contributed by atoms with Crippen molar-refractivity contribution < 1.29 is 9.53 Å². The Labute approximate surface area is 178 Å². The zero-order valence-corrected chi connectivity index (χ0v) is 17.7. The van der Waals surface area contributed by atoms with Crippen LogP contribution in [-0.2, 0) is 6.61 Å². The molecule has 0 saturated heterocycles. The van der Waals surface area contributed by atoms with E-state index in [0.717, 1.165) is 22.1 Å². The molecule has 0 radical (unpaired) electrons. The van der Waals surface area contributed by atoms with Crippen LogP contribution in [0, 0.1) is 20.8 Å². The summed E-state index contributed by atoms with van der Waals surface area (Å²) in [5.41, 5.74) is 3.92. The van der Waals surface area contributed by atoms with Crippen molar-refractivity contribution in [3.63, 3.8) is 0 Å². The number of rotatable bonds is 6. The molecule has 3 heterocycles. The molecule has 0 bridgehead atoms. The minimum Gasteiger partial charge on any atom is -0.487 e. The fourth-order valence-corrected chi connectivity index (χ4v) is 3.61. The summed E-state index contributed by atoms with van der Waals surface area (Å²) in [6.07, 6.45) is 1.62.